The number of halogens is 2. The summed E-state index contributed by atoms with van der Waals surface area (Å²) in [5.41, 5.74) is 22.9. The van der Waals surface area contributed by atoms with Crippen LogP contribution in [0.4, 0.5) is 0 Å². The van der Waals surface area contributed by atoms with Gasteiger partial charge >= 0.3 is 37.9 Å². The van der Waals surface area contributed by atoms with Crippen molar-refractivity contribution in [1.82, 2.24) is 0 Å². The fourth-order valence-corrected chi connectivity index (χ4v) is 37.6. The van der Waals surface area contributed by atoms with Crippen molar-refractivity contribution in [2.24, 2.45) is 0 Å². The van der Waals surface area contributed by atoms with E-state index in [1.807, 2.05) is 0 Å². The number of rotatable bonds is 16. The third-order valence-electron chi connectivity index (χ3n) is 21.4. The summed E-state index contributed by atoms with van der Waals surface area (Å²) in [5.74, 6) is 0.853. The van der Waals surface area contributed by atoms with Crippen LogP contribution in [-0.4, -0.2) is 46.5 Å². The van der Waals surface area contributed by atoms with Gasteiger partial charge in [0.15, 0.2) is 0 Å². The van der Waals surface area contributed by atoms with Gasteiger partial charge in [0.25, 0.3) is 0 Å². The first-order valence-corrected chi connectivity index (χ1v) is 69.5. The predicted molar refractivity (Wildman–Crippen MR) is 513 cm³/mol. The van der Waals surface area contributed by atoms with Crippen LogP contribution in [0.3, 0.4) is 0 Å². The van der Waals surface area contributed by atoms with Gasteiger partial charge in [-0.2, -0.15) is 114 Å². The van der Waals surface area contributed by atoms with Gasteiger partial charge in [-0.3, -0.25) is 0 Å². The van der Waals surface area contributed by atoms with Gasteiger partial charge in [0.1, 0.15) is 28.9 Å². The molecule has 0 nitrogen and oxygen atoms in total. The first kappa shape index (κ1) is 81.8. The number of allylic oxidation sites excluding steroid dienone is 12. The molecule has 2 radical (unpaired) electrons. The maximum absolute atomic E-state index is 4.93. The molecule has 13 heteroatoms. The van der Waals surface area contributed by atoms with E-state index in [0.29, 0.717) is 0 Å². The third-order valence-corrected chi connectivity index (χ3v) is 41.7. The molecule has 4 unspecified atom stereocenters. The predicted octanol–water partition coefficient (Wildman–Crippen LogP) is 28.5. The van der Waals surface area contributed by atoms with Crippen LogP contribution in [0.25, 0.3) is 67.4 Å². The summed E-state index contributed by atoms with van der Waals surface area (Å²) in [6, 6.07) is 65.8. The molecule has 0 N–H and O–H groups in total. The van der Waals surface area contributed by atoms with E-state index in [0.717, 1.165) is 0 Å². The third kappa shape index (κ3) is 18.0. The van der Waals surface area contributed by atoms with Crippen LogP contribution in [0.5, 0.6) is 0 Å². The second kappa shape index (κ2) is 33.9. The fraction of sp³-hybridized carbons (Fsp3) is 0.224. The van der Waals surface area contributed by atoms with E-state index in [1.165, 1.54) is 152 Å². The zero-order chi connectivity index (χ0) is 78.6. The Labute approximate surface area is 704 Å². The molecule has 0 aromatic heterocycles. The monoisotopic (exact) mass is 1730 g/mol. The van der Waals surface area contributed by atoms with E-state index in [4.69, 9.17) is 17.0 Å². The van der Waals surface area contributed by atoms with Crippen molar-refractivity contribution in [3.8, 4) is 0 Å². The van der Waals surface area contributed by atoms with Gasteiger partial charge in [-0.25, -0.2) is 0 Å². The molecule has 12 aromatic carbocycles. The maximum atomic E-state index is 4.93. The standard InChI is InChI=1S/2C49H51S2Si3.2ClH.Zr/c2*1-32-26-44-38(36-28-34-18-10-12-22-40(34)46(30-36)50-53(4,5)6)20-14-16-24-42(44)48(32)52(3)49-33(2)27-45-39(21-15-17-25-43(45)49)37-29-35-19-11-13-23-41(35)47(31-37)51-54(7,8)9;;;/h2*10-31,38-39H,1-9H3;2*1H;/q2*-2;;;+2/p-2. The second-order valence-electron chi connectivity index (χ2n) is 34.3. The number of benzene rings is 8. The van der Waals surface area contributed by atoms with Crippen molar-refractivity contribution in [2.45, 2.75) is 163 Å². The van der Waals surface area contributed by atoms with Crippen LogP contribution in [0.2, 0.25) is 91.7 Å². The van der Waals surface area contributed by atoms with Gasteiger partial charge in [0.2, 0.25) is 0 Å². The van der Waals surface area contributed by atoms with Crippen molar-refractivity contribution in [3.63, 3.8) is 0 Å². The molecular weight excluding hydrogens is 1640 g/mol. The van der Waals surface area contributed by atoms with Gasteiger partial charge in [-0.15, -0.1) is 91.6 Å². The summed E-state index contributed by atoms with van der Waals surface area (Å²) < 4.78 is 0. The molecule has 0 amide bonds. The number of hydrogen-bond donors (Lipinski definition) is 0. The van der Waals surface area contributed by atoms with Crippen molar-refractivity contribution in [2.75, 3.05) is 0 Å². The Bertz CT molecular complexity index is 5090. The Kier molecular flexibility index (Phi) is 25.0. The van der Waals surface area contributed by atoms with E-state index in [9.17, 15) is 0 Å². The van der Waals surface area contributed by atoms with E-state index >= 15 is 0 Å². The van der Waals surface area contributed by atoms with E-state index in [1.54, 1.807) is 20.7 Å². The minimum absolute atomic E-state index is 0.213. The zero-order valence-electron chi connectivity index (χ0n) is 67.6. The van der Waals surface area contributed by atoms with Gasteiger partial charge in [0, 0.05) is 37.2 Å². The normalized spacial score (nSPS) is 16.7. The van der Waals surface area contributed by atoms with Gasteiger partial charge in [-0.05, 0) is 113 Å². The summed E-state index contributed by atoms with van der Waals surface area (Å²) in [4.78, 5) is 5.73. The molecule has 4 aliphatic carbocycles. The van der Waals surface area contributed by atoms with Gasteiger partial charge in [-0.1, -0.05) is 289 Å². The summed E-state index contributed by atoms with van der Waals surface area (Å²) in [6.07, 6.45) is 37.6. The van der Waals surface area contributed by atoms with E-state index in [2.05, 4.69) is 431 Å². The number of fused-ring (bicyclic) bond motifs is 8. The Balaban J connectivity index is 0.000000178. The first-order valence-electron chi connectivity index (χ1n) is 39.0. The van der Waals surface area contributed by atoms with Crippen molar-refractivity contribution >= 4 is 196 Å². The zero-order valence-corrected chi connectivity index (χ0v) is 80.8. The number of aryl methyl sites for hydroxylation is 4. The van der Waals surface area contributed by atoms with Crippen LogP contribution in [0.1, 0.15) is 113 Å². The quantitative estimate of drug-likeness (QED) is 0.0698. The second-order valence-corrected chi connectivity index (χ2v) is 79.2. The molecule has 0 saturated heterocycles. The molecule has 0 bridgehead atoms. The molecule has 12 aromatic rings. The molecule has 4 aliphatic rings. The fourth-order valence-electron chi connectivity index (χ4n) is 17.4. The molecular formula is C98H102Cl2S4Si6Zr-4. The Morgan fingerprint density at radius 1 is 0.297 bits per heavy atom. The van der Waals surface area contributed by atoms with E-state index in [-0.39, 0.29) is 23.7 Å². The molecule has 0 fully saturated rings. The summed E-state index contributed by atoms with van der Waals surface area (Å²) in [6.45, 7) is 44.0. The number of hydrogen-bond acceptors (Lipinski definition) is 4. The Morgan fingerprint density at radius 3 is 0.694 bits per heavy atom. The molecule has 564 valence electrons. The molecule has 0 spiro atoms. The van der Waals surface area contributed by atoms with Crippen molar-refractivity contribution in [3.05, 3.63) is 332 Å². The van der Waals surface area contributed by atoms with E-state index < -0.39 is 67.3 Å². The molecule has 0 heterocycles. The average Bonchev–Trinajstić information content (AvgIpc) is 1.57. The molecule has 4 atom stereocenters. The summed E-state index contributed by atoms with van der Waals surface area (Å²) in [7, 11) is 1.97. The van der Waals surface area contributed by atoms with Crippen LogP contribution in [0.15, 0.2) is 262 Å². The SMILES string of the molecule is Cc1cc2c([c-]1[Si](C)[c-]1c(C)cc3c1C=CC=CC3c1cc(S[Si](C)(C)C)c3ccccc3c1)C=CC=CC2c1cc(S[Si](C)(C)C)c2ccccc2c1.Cc1cc2c([c-]1[Si](C)[c-]1c(C)cc3c1C=CC=CC3c1cc(S[Si](C)(C)C)c3ccccc3c1)C=CC=CC2c1cc(S[Si](C)(C)C)c2ccccc2c1.[Cl][Zr][Cl]. The van der Waals surface area contributed by atoms with Crippen LogP contribution >= 0.6 is 61.9 Å². The summed E-state index contributed by atoms with van der Waals surface area (Å²) >= 11 is 7.65. The molecule has 0 aliphatic heterocycles. The Morgan fingerprint density at radius 2 is 0.495 bits per heavy atom. The van der Waals surface area contributed by atoms with Crippen molar-refractivity contribution in [1.29, 1.82) is 0 Å². The molecule has 16 rings (SSSR count). The topological polar surface area (TPSA) is 0 Å². The van der Waals surface area contributed by atoms with Gasteiger partial charge in [0.05, 0.1) is 0 Å². The summed E-state index contributed by atoms with van der Waals surface area (Å²) in [5, 5.41) is 17.2. The molecule has 0 saturated carbocycles. The van der Waals surface area contributed by atoms with Crippen molar-refractivity contribution < 1.29 is 20.8 Å². The van der Waals surface area contributed by atoms with Crippen LogP contribution in [0, 0.1) is 27.7 Å². The minimum atomic E-state index is -1.41. The molecule has 111 heavy (non-hydrogen) atoms. The average molecular weight is 1740 g/mol. The van der Waals surface area contributed by atoms with Crippen LogP contribution in [-0.2, 0) is 20.8 Å². The first-order chi connectivity index (χ1) is 52.9. The van der Waals surface area contributed by atoms with Gasteiger partial charge < -0.3 is 0 Å². The van der Waals surface area contributed by atoms with Crippen LogP contribution < -0.4 is 20.7 Å². The Hall–Kier alpha value is -5.72.